The minimum atomic E-state index is -0.273. The van der Waals surface area contributed by atoms with E-state index < -0.39 is 0 Å². The Morgan fingerprint density at radius 3 is 2.19 bits per heavy atom. The Bertz CT molecular complexity index is 745. The smallest absolute Gasteiger partial charge is 0.142 e. The van der Waals surface area contributed by atoms with Crippen molar-refractivity contribution in [1.82, 2.24) is 5.16 Å². The Labute approximate surface area is 122 Å². The van der Waals surface area contributed by atoms with Crippen LogP contribution < -0.4 is 4.74 Å². The summed E-state index contributed by atoms with van der Waals surface area (Å²) in [7, 11) is 1.63. The van der Waals surface area contributed by atoms with Gasteiger partial charge in [-0.15, -0.1) is 0 Å². The summed E-state index contributed by atoms with van der Waals surface area (Å²) in [6, 6.07) is 13.9. The molecular weight excluding hydrogens is 269 g/mol. The predicted molar refractivity (Wildman–Crippen MR) is 78.6 cm³/mol. The molecule has 0 aliphatic carbocycles. The van der Waals surface area contributed by atoms with Crippen LogP contribution >= 0.6 is 0 Å². The Balaban J connectivity index is 2.09. The Hall–Kier alpha value is -2.62. The van der Waals surface area contributed by atoms with E-state index in [0.29, 0.717) is 5.69 Å². The Morgan fingerprint density at radius 1 is 0.952 bits per heavy atom. The number of aromatic nitrogens is 1. The lowest BCUT2D eigenvalue weighted by Crippen LogP contribution is -1.86. The molecule has 1 heterocycles. The predicted octanol–water partition coefficient (Wildman–Crippen LogP) is 4.46. The van der Waals surface area contributed by atoms with Gasteiger partial charge in [-0.1, -0.05) is 17.3 Å². The van der Waals surface area contributed by atoms with E-state index in [9.17, 15) is 4.39 Å². The maximum atomic E-state index is 13.1. The third-order valence-electron chi connectivity index (χ3n) is 3.36. The molecule has 0 aliphatic heterocycles. The van der Waals surface area contributed by atoms with Gasteiger partial charge in [0.1, 0.15) is 23.0 Å². The zero-order valence-corrected chi connectivity index (χ0v) is 11.8. The van der Waals surface area contributed by atoms with E-state index in [1.54, 1.807) is 19.2 Å². The largest absolute Gasteiger partial charge is 0.497 e. The second-order valence-corrected chi connectivity index (χ2v) is 4.70. The van der Waals surface area contributed by atoms with Gasteiger partial charge in [0, 0.05) is 5.56 Å². The number of benzene rings is 2. The molecule has 0 radical (unpaired) electrons. The van der Waals surface area contributed by atoms with Crippen molar-refractivity contribution in [3.8, 4) is 28.1 Å². The molecule has 3 rings (SSSR count). The molecule has 1 aromatic heterocycles. The monoisotopic (exact) mass is 283 g/mol. The van der Waals surface area contributed by atoms with Crippen molar-refractivity contribution in [3.63, 3.8) is 0 Å². The van der Waals surface area contributed by atoms with Crippen LogP contribution in [0.2, 0.25) is 0 Å². The third kappa shape index (κ3) is 2.52. The highest BCUT2D eigenvalue weighted by molar-refractivity contribution is 5.82. The first kappa shape index (κ1) is 13.4. The number of methoxy groups -OCH3 is 1. The minimum absolute atomic E-state index is 0.273. The molecule has 0 N–H and O–H groups in total. The van der Waals surface area contributed by atoms with Gasteiger partial charge in [0.2, 0.25) is 0 Å². The van der Waals surface area contributed by atoms with Crippen molar-refractivity contribution in [2.45, 2.75) is 6.92 Å². The summed E-state index contributed by atoms with van der Waals surface area (Å²) >= 11 is 0. The van der Waals surface area contributed by atoms with Gasteiger partial charge >= 0.3 is 0 Å². The van der Waals surface area contributed by atoms with E-state index in [4.69, 9.17) is 9.26 Å². The molecule has 106 valence electrons. The lowest BCUT2D eigenvalue weighted by atomic mass is 9.99. The van der Waals surface area contributed by atoms with Crippen LogP contribution in [0.5, 0.6) is 5.75 Å². The summed E-state index contributed by atoms with van der Waals surface area (Å²) in [5.41, 5.74) is 3.41. The molecule has 0 spiro atoms. The fourth-order valence-corrected chi connectivity index (χ4v) is 2.27. The van der Waals surface area contributed by atoms with Crippen LogP contribution in [0.15, 0.2) is 53.1 Å². The van der Waals surface area contributed by atoms with E-state index in [1.165, 1.54) is 12.1 Å². The molecule has 0 unspecified atom stereocenters. The first-order chi connectivity index (χ1) is 10.2. The van der Waals surface area contributed by atoms with Crippen molar-refractivity contribution >= 4 is 0 Å². The van der Waals surface area contributed by atoms with E-state index in [2.05, 4.69) is 5.16 Å². The maximum Gasteiger partial charge on any atom is 0.142 e. The van der Waals surface area contributed by atoms with Crippen LogP contribution in [0.3, 0.4) is 0 Å². The highest BCUT2D eigenvalue weighted by Crippen LogP contribution is 2.34. The summed E-state index contributed by atoms with van der Waals surface area (Å²) in [5.74, 6) is 1.24. The first-order valence-electron chi connectivity index (χ1n) is 6.55. The average molecular weight is 283 g/mol. The van der Waals surface area contributed by atoms with Crippen LogP contribution in [0.4, 0.5) is 4.39 Å². The summed E-state index contributed by atoms with van der Waals surface area (Å²) < 4.78 is 23.5. The molecule has 0 aliphatic rings. The summed E-state index contributed by atoms with van der Waals surface area (Å²) in [6.07, 6.45) is 0. The van der Waals surface area contributed by atoms with E-state index in [1.807, 2.05) is 31.2 Å². The van der Waals surface area contributed by atoms with E-state index in [-0.39, 0.29) is 5.82 Å². The molecule has 0 atom stereocenters. The fraction of sp³-hybridized carbons (Fsp3) is 0.118. The van der Waals surface area contributed by atoms with Crippen molar-refractivity contribution in [2.75, 3.05) is 7.11 Å². The normalized spacial score (nSPS) is 10.6. The number of nitrogens with zero attached hydrogens (tertiary/aromatic N) is 1. The maximum absolute atomic E-state index is 13.1. The quantitative estimate of drug-likeness (QED) is 0.711. The number of hydrogen-bond donors (Lipinski definition) is 0. The highest BCUT2D eigenvalue weighted by atomic mass is 19.1. The van der Waals surface area contributed by atoms with Crippen LogP contribution in [-0.4, -0.2) is 12.3 Å². The molecule has 4 heteroatoms. The van der Waals surface area contributed by atoms with Crippen LogP contribution in [0.25, 0.3) is 22.4 Å². The second-order valence-electron chi connectivity index (χ2n) is 4.70. The van der Waals surface area contributed by atoms with Gasteiger partial charge in [0.05, 0.1) is 12.7 Å². The molecule has 2 aromatic carbocycles. The zero-order valence-electron chi connectivity index (χ0n) is 11.8. The van der Waals surface area contributed by atoms with Gasteiger partial charge in [-0.05, 0) is 48.9 Å². The number of hydrogen-bond acceptors (Lipinski definition) is 3. The van der Waals surface area contributed by atoms with E-state index >= 15 is 0 Å². The van der Waals surface area contributed by atoms with Gasteiger partial charge in [0.15, 0.2) is 0 Å². The first-order valence-corrected chi connectivity index (χ1v) is 6.55. The lowest BCUT2D eigenvalue weighted by Gasteiger charge is -2.05. The van der Waals surface area contributed by atoms with Crippen LogP contribution in [-0.2, 0) is 0 Å². The van der Waals surface area contributed by atoms with Crippen molar-refractivity contribution in [1.29, 1.82) is 0 Å². The van der Waals surface area contributed by atoms with Crippen molar-refractivity contribution < 1.29 is 13.7 Å². The number of ether oxygens (including phenoxy) is 1. The standard InChI is InChI=1S/C17H14FNO2/c1-11-16(12-5-9-15(20-2)10-6-12)17(19-21-11)13-3-7-14(18)8-4-13/h3-10H,1-2H3. The lowest BCUT2D eigenvalue weighted by molar-refractivity contribution is 0.400. The van der Waals surface area contributed by atoms with Crippen LogP contribution in [0.1, 0.15) is 5.76 Å². The van der Waals surface area contributed by atoms with Gasteiger partial charge in [-0.25, -0.2) is 4.39 Å². The summed E-state index contributed by atoms with van der Waals surface area (Å²) in [5, 5.41) is 4.11. The average Bonchev–Trinajstić information content (AvgIpc) is 2.90. The fourth-order valence-electron chi connectivity index (χ4n) is 2.27. The van der Waals surface area contributed by atoms with Gasteiger partial charge in [-0.2, -0.15) is 0 Å². The van der Waals surface area contributed by atoms with Crippen molar-refractivity contribution in [2.24, 2.45) is 0 Å². The minimum Gasteiger partial charge on any atom is -0.497 e. The highest BCUT2D eigenvalue weighted by Gasteiger charge is 2.16. The van der Waals surface area contributed by atoms with Crippen LogP contribution in [0, 0.1) is 12.7 Å². The molecule has 0 fully saturated rings. The molecule has 0 amide bonds. The SMILES string of the molecule is COc1ccc(-c2c(-c3ccc(F)cc3)noc2C)cc1. The molecule has 3 nitrogen and oxygen atoms in total. The summed E-state index contributed by atoms with van der Waals surface area (Å²) in [4.78, 5) is 0. The molecule has 3 aromatic rings. The van der Waals surface area contributed by atoms with Gasteiger partial charge in [-0.3, -0.25) is 0 Å². The topological polar surface area (TPSA) is 35.3 Å². The Morgan fingerprint density at radius 2 is 1.57 bits per heavy atom. The Kier molecular flexibility index (Phi) is 3.44. The number of rotatable bonds is 3. The van der Waals surface area contributed by atoms with Gasteiger partial charge in [0.25, 0.3) is 0 Å². The summed E-state index contributed by atoms with van der Waals surface area (Å²) in [6.45, 7) is 1.86. The second kappa shape index (κ2) is 5.40. The molecule has 0 saturated carbocycles. The molecule has 0 bridgehead atoms. The third-order valence-corrected chi connectivity index (χ3v) is 3.36. The van der Waals surface area contributed by atoms with Gasteiger partial charge < -0.3 is 9.26 Å². The van der Waals surface area contributed by atoms with E-state index in [0.717, 1.165) is 28.2 Å². The zero-order chi connectivity index (χ0) is 14.8. The molecule has 0 saturated heterocycles. The van der Waals surface area contributed by atoms with Crippen molar-refractivity contribution in [3.05, 3.63) is 60.1 Å². The number of halogens is 1. The number of aryl methyl sites for hydroxylation is 1. The molecular formula is C17H14FNO2. The molecule has 21 heavy (non-hydrogen) atoms.